The second kappa shape index (κ2) is 8.89. The van der Waals surface area contributed by atoms with Crippen molar-refractivity contribution in [1.82, 2.24) is 4.31 Å². The molecule has 0 radical (unpaired) electrons. The van der Waals surface area contributed by atoms with Gasteiger partial charge < -0.3 is 5.32 Å². The van der Waals surface area contributed by atoms with Gasteiger partial charge in [0.15, 0.2) is 0 Å². The SMILES string of the molecule is Cc1ccc([N+](=O)[O-])cc1NC(=O)C1CCN(S(=O)(=O)c2c(Cl)cccc2Cl)CC1. The Bertz CT molecular complexity index is 1080. The van der Waals surface area contributed by atoms with E-state index in [1.165, 1.54) is 28.6 Å². The molecule has 1 N–H and O–H groups in total. The molecular formula is C19H19Cl2N3O5S. The molecule has 0 aliphatic carbocycles. The van der Waals surface area contributed by atoms with Crippen molar-refractivity contribution < 1.29 is 18.1 Å². The van der Waals surface area contributed by atoms with Crippen LogP contribution in [0.2, 0.25) is 10.0 Å². The number of sulfonamides is 1. The largest absolute Gasteiger partial charge is 0.325 e. The van der Waals surface area contributed by atoms with Crippen molar-refractivity contribution in [3.05, 3.63) is 62.1 Å². The smallest absolute Gasteiger partial charge is 0.271 e. The van der Waals surface area contributed by atoms with Gasteiger partial charge in [-0.3, -0.25) is 14.9 Å². The minimum absolute atomic E-state index is 0.0449. The van der Waals surface area contributed by atoms with Gasteiger partial charge in [0.1, 0.15) is 4.90 Å². The highest BCUT2D eigenvalue weighted by atomic mass is 35.5. The molecule has 1 saturated heterocycles. The van der Waals surface area contributed by atoms with Crippen LogP contribution in [0.5, 0.6) is 0 Å². The van der Waals surface area contributed by atoms with Crippen LogP contribution in [0.1, 0.15) is 18.4 Å². The molecule has 0 spiro atoms. The molecule has 0 bridgehead atoms. The van der Waals surface area contributed by atoms with Gasteiger partial charge in [0, 0.05) is 31.1 Å². The molecule has 0 aromatic heterocycles. The predicted octanol–water partition coefficient (Wildman–Crippen LogP) is 4.25. The third kappa shape index (κ3) is 4.59. The van der Waals surface area contributed by atoms with Crippen molar-refractivity contribution in [2.75, 3.05) is 18.4 Å². The summed E-state index contributed by atoms with van der Waals surface area (Å²) in [5, 5.41) is 13.8. The zero-order chi connectivity index (χ0) is 22.1. The summed E-state index contributed by atoms with van der Waals surface area (Å²) in [6.07, 6.45) is 0.613. The maximum Gasteiger partial charge on any atom is 0.271 e. The van der Waals surface area contributed by atoms with E-state index in [9.17, 15) is 23.3 Å². The fourth-order valence-corrected chi connectivity index (χ4v) is 5.87. The average Bonchev–Trinajstić information content (AvgIpc) is 2.69. The Balaban J connectivity index is 1.69. The highest BCUT2D eigenvalue weighted by Crippen LogP contribution is 2.33. The molecule has 0 atom stereocenters. The van der Waals surface area contributed by atoms with Crippen molar-refractivity contribution in [2.24, 2.45) is 5.92 Å². The molecule has 1 heterocycles. The monoisotopic (exact) mass is 471 g/mol. The summed E-state index contributed by atoms with van der Waals surface area (Å²) in [7, 11) is -3.89. The van der Waals surface area contributed by atoms with Crippen LogP contribution in [-0.4, -0.2) is 36.6 Å². The minimum atomic E-state index is -3.89. The summed E-state index contributed by atoms with van der Waals surface area (Å²) in [5.41, 5.74) is 0.947. The van der Waals surface area contributed by atoms with Crippen molar-refractivity contribution >= 4 is 50.5 Å². The number of piperidine rings is 1. The van der Waals surface area contributed by atoms with E-state index in [1.807, 2.05) is 0 Å². The van der Waals surface area contributed by atoms with Gasteiger partial charge in [-0.1, -0.05) is 35.3 Å². The minimum Gasteiger partial charge on any atom is -0.325 e. The van der Waals surface area contributed by atoms with Crippen molar-refractivity contribution in [2.45, 2.75) is 24.7 Å². The van der Waals surface area contributed by atoms with E-state index in [-0.39, 0.29) is 39.6 Å². The second-order valence-electron chi connectivity index (χ2n) is 6.97. The molecule has 11 heteroatoms. The number of nitro benzene ring substituents is 1. The van der Waals surface area contributed by atoms with Gasteiger partial charge in [0.2, 0.25) is 15.9 Å². The van der Waals surface area contributed by atoms with Gasteiger partial charge in [0.25, 0.3) is 5.69 Å². The predicted molar refractivity (Wildman–Crippen MR) is 114 cm³/mol. The first-order chi connectivity index (χ1) is 14.1. The lowest BCUT2D eigenvalue weighted by molar-refractivity contribution is -0.384. The summed E-state index contributed by atoms with van der Waals surface area (Å²) >= 11 is 12.1. The first kappa shape index (κ1) is 22.5. The van der Waals surface area contributed by atoms with E-state index in [1.54, 1.807) is 19.1 Å². The van der Waals surface area contributed by atoms with Gasteiger partial charge in [0.05, 0.1) is 20.7 Å². The lowest BCUT2D eigenvalue weighted by Gasteiger charge is -2.31. The second-order valence-corrected chi connectivity index (χ2v) is 9.66. The number of nitrogens with zero attached hydrogens (tertiary/aromatic N) is 2. The number of nitro groups is 1. The Morgan fingerprint density at radius 2 is 1.77 bits per heavy atom. The number of non-ortho nitro benzene ring substituents is 1. The molecule has 30 heavy (non-hydrogen) atoms. The van der Waals surface area contributed by atoms with Crippen LogP contribution in [0.25, 0.3) is 0 Å². The molecule has 0 saturated carbocycles. The summed E-state index contributed by atoms with van der Waals surface area (Å²) in [6.45, 7) is 2.01. The number of hydrogen-bond donors (Lipinski definition) is 1. The first-order valence-electron chi connectivity index (χ1n) is 9.11. The number of nitrogens with one attached hydrogen (secondary N) is 1. The average molecular weight is 472 g/mol. The van der Waals surface area contributed by atoms with Gasteiger partial charge in [-0.05, 0) is 37.5 Å². The van der Waals surface area contributed by atoms with Crippen LogP contribution < -0.4 is 5.32 Å². The summed E-state index contributed by atoms with van der Waals surface area (Å²) in [4.78, 5) is 22.9. The zero-order valence-electron chi connectivity index (χ0n) is 16.0. The molecule has 1 amide bonds. The fraction of sp³-hybridized carbons (Fsp3) is 0.316. The Hall–Kier alpha value is -2.20. The Morgan fingerprint density at radius 3 is 2.33 bits per heavy atom. The highest BCUT2D eigenvalue weighted by molar-refractivity contribution is 7.89. The van der Waals surface area contributed by atoms with Gasteiger partial charge in [-0.25, -0.2) is 8.42 Å². The number of carbonyl (C=O) groups excluding carboxylic acids is 1. The van der Waals surface area contributed by atoms with Crippen molar-refractivity contribution in [3.8, 4) is 0 Å². The Labute approximate surface area is 184 Å². The highest BCUT2D eigenvalue weighted by Gasteiger charge is 2.34. The maximum atomic E-state index is 12.9. The van der Waals surface area contributed by atoms with E-state index in [0.717, 1.165) is 0 Å². The van der Waals surface area contributed by atoms with E-state index in [4.69, 9.17) is 23.2 Å². The fourth-order valence-electron chi connectivity index (χ4n) is 3.31. The lowest BCUT2D eigenvalue weighted by Crippen LogP contribution is -2.41. The zero-order valence-corrected chi connectivity index (χ0v) is 18.3. The number of halogens is 2. The quantitative estimate of drug-likeness (QED) is 0.517. The van der Waals surface area contributed by atoms with Crippen LogP contribution in [0, 0.1) is 23.0 Å². The molecular weight excluding hydrogens is 453 g/mol. The number of hydrogen-bond acceptors (Lipinski definition) is 5. The van der Waals surface area contributed by atoms with Crippen LogP contribution in [0.3, 0.4) is 0 Å². The number of amides is 1. The molecule has 0 unspecified atom stereocenters. The molecule has 2 aromatic carbocycles. The third-order valence-corrected chi connectivity index (χ3v) is 7.89. The normalized spacial score (nSPS) is 15.7. The number of aryl methyl sites for hydroxylation is 1. The van der Waals surface area contributed by atoms with E-state index in [0.29, 0.717) is 24.1 Å². The molecule has 1 fully saturated rings. The van der Waals surface area contributed by atoms with E-state index >= 15 is 0 Å². The summed E-state index contributed by atoms with van der Waals surface area (Å²) < 4.78 is 27.1. The Kier molecular flexibility index (Phi) is 6.66. The van der Waals surface area contributed by atoms with Crippen LogP contribution in [0.4, 0.5) is 11.4 Å². The number of benzene rings is 2. The molecule has 160 valence electrons. The van der Waals surface area contributed by atoms with Crippen molar-refractivity contribution in [1.29, 1.82) is 0 Å². The summed E-state index contributed by atoms with van der Waals surface area (Å²) in [5.74, 6) is -0.719. The molecule has 3 rings (SSSR count). The third-order valence-electron chi connectivity index (χ3n) is 5.03. The van der Waals surface area contributed by atoms with Crippen LogP contribution in [0.15, 0.2) is 41.3 Å². The Morgan fingerprint density at radius 1 is 1.17 bits per heavy atom. The van der Waals surface area contributed by atoms with Crippen LogP contribution in [-0.2, 0) is 14.8 Å². The van der Waals surface area contributed by atoms with E-state index < -0.39 is 20.9 Å². The summed E-state index contributed by atoms with van der Waals surface area (Å²) in [6, 6.07) is 8.73. The van der Waals surface area contributed by atoms with Gasteiger partial charge >= 0.3 is 0 Å². The topological polar surface area (TPSA) is 110 Å². The molecule has 2 aromatic rings. The number of carbonyl (C=O) groups is 1. The lowest BCUT2D eigenvalue weighted by atomic mass is 9.97. The van der Waals surface area contributed by atoms with Crippen molar-refractivity contribution in [3.63, 3.8) is 0 Å². The molecule has 8 nitrogen and oxygen atoms in total. The number of rotatable bonds is 5. The first-order valence-corrected chi connectivity index (χ1v) is 11.3. The molecule has 1 aliphatic heterocycles. The number of anilines is 1. The maximum absolute atomic E-state index is 12.9. The standard InChI is InChI=1S/C19H19Cl2N3O5S/c1-12-5-6-14(24(26)27)11-17(12)22-19(25)13-7-9-23(10-8-13)30(28,29)18-15(20)3-2-4-16(18)21/h2-6,11,13H,7-10H2,1H3,(H,22,25). The van der Waals surface area contributed by atoms with Crippen LogP contribution >= 0.6 is 23.2 Å². The molecule has 1 aliphatic rings. The van der Waals surface area contributed by atoms with Gasteiger partial charge in [-0.2, -0.15) is 4.31 Å². The van der Waals surface area contributed by atoms with Gasteiger partial charge in [-0.15, -0.1) is 0 Å². The van der Waals surface area contributed by atoms with E-state index in [2.05, 4.69) is 5.32 Å².